The fourth-order valence-corrected chi connectivity index (χ4v) is 0.804. The topological polar surface area (TPSA) is 84.5 Å². The molecule has 0 saturated carbocycles. The molecule has 3 N–H and O–H groups in total. The second-order valence-corrected chi connectivity index (χ2v) is 2.26. The number of nitrogens with zero attached hydrogens (tertiary/aromatic N) is 1. The van der Waals surface area contributed by atoms with Crippen molar-refractivity contribution in [3.63, 3.8) is 0 Å². The lowest BCUT2D eigenvalue weighted by Gasteiger charge is -2.00. The second-order valence-electron chi connectivity index (χ2n) is 2.26. The molecule has 0 fully saturated rings. The van der Waals surface area contributed by atoms with Gasteiger partial charge in [-0.3, -0.25) is 0 Å². The van der Waals surface area contributed by atoms with Gasteiger partial charge in [-0.1, -0.05) is 6.07 Å². The van der Waals surface area contributed by atoms with Gasteiger partial charge in [0.15, 0.2) is 0 Å². The zero-order valence-electron chi connectivity index (χ0n) is 6.10. The number of phenolic OH excluding ortho intramolecular Hbond substituents is 1. The molecule has 0 aliphatic heterocycles. The SMILES string of the molecule is N#Cc1cc(B(O)O)ccc1O. The molecule has 0 aromatic heterocycles. The van der Waals surface area contributed by atoms with Crippen LogP contribution in [0.5, 0.6) is 5.75 Å². The highest BCUT2D eigenvalue weighted by atomic mass is 16.4. The van der Waals surface area contributed by atoms with E-state index in [9.17, 15) is 0 Å². The van der Waals surface area contributed by atoms with Crippen LogP contribution in [0, 0.1) is 11.3 Å². The highest BCUT2D eigenvalue weighted by Crippen LogP contribution is 2.12. The van der Waals surface area contributed by atoms with E-state index in [1.54, 1.807) is 6.07 Å². The zero-order valence-corrected chi connectivity index (χ0v) is 6.10. The minimum atomic E-state index is -1.61. The fourth-order valence-electron chi connectivity index (χ4n) is 0.804. The smallest absolute Gasteiger partial charge is 0.488 e. The Balaban J connectivity index is 3.16. The van der Waals surface area contributed by atoms with Gasteiger partial charge in [-0.15, -0.1) is 0 Å². The van der Waals surface area contributed by atoms with Crippen molar-refractivity contribution in [1.29, 1.82) is 5.26 Å². The number of nitriles is 1. The van der Waals surface area contributed by atoms with Crippen molar-refractivity contribution in [1.82, 2.24) is 0 Å². The summed E-state index contributed by atoms with van der Waals surface area (Å²) in [5.41, 5.74) is 0.213. The summed E-state index contributed by atoms with van der Waals surface area (Å²) in [5, 5.41) is 34.9. The Morgan fingerprint density at radius 3 is 2.50 bits per heavy atom. The quantitative estimate of drug-likeness (QED) is 0.461. The maximum atomic E-state index is 9.03. The lowest BCUT2D eigenvalue weighted by atomic mass is 9.79. The standard InChI is InChI=1S/C7H6BNO3/c9-4-5-3-6(8(11)12)1-2-7(5)10/h1-3,10-12H. The molecule has 60 valence electrons. The lowest BCUT2D eigenvalue weighted by Crippen LogP contribution is -2.29. The Labute approximate surface area is 69.5 Å². The summed E-state index contributed by atoms with van der Waals surface area (Å²) in [6.07, 6.45) is 0. The highest BCUT2D eigenvalue weighted by Gasteiger charge is 2.12. The molecule has 0 saturated heterocycles. The average Bonchev–Trinajstić information content (AvgIpc) is 2.05. The van der Waals surface area contributed by atoms with E-state index >= 15 is 0 Å². The van der Waals surface area contributed by atoms with E-state index in [4.69, 9.17) is 20.4 Å². The van der Waals surface area contributed by atoms with E-state index in [-0.39, 0.29) is 16.8 Å². The van der Waals surface area contributed by atoms with Crippen LogP contribution in [-0.2, 0) is 0 Å². The Morgan fingerprint density at radius 1 is 1.33 bits per heavy atom. The number of phenols is 1. The highest BCUT2D eigenvalue weighted by molar-refractivity contribution is 6.58. The summed E-state index contributed by atoms with van der Waals surface area (Å²) in [6.45, 7) is 0. The molecular weight excluding hydrogens is 157 g/mol. The molecule has 12 heavy (non-hydrogen) atoms. The van der Waals surface area contributed by atoms with Crippen molar-refractivity contribution in [2.24, 2.45) is 0 Å². The van der Waals surface area contributed by atoms with Crippen molar-refractivity contribution < 1.29 is 15.2 Å². The largest absolute Gasteiger partial charge is 0.507 e. The van der Waals surface area contributed by atoms with Crippen molar-refractivity contribution >= 4 is 12.6 Å². The van der Waals surface area contributed by atoms with Crippen molar-refractivity contribution in [2.45, 2.75) is 0 Å². The molecule has 5 heteroatoms. The van der Waals surface area contributed by atoms with Crippen LogP contribution in [0.4, 0.5) is 0 Å². The van der Waals surface area contributed by atoms with Gasteiger partial charge in [0, 0.05) is 0 Å². The summed E-state index contributed by atoms with van der Waals surface area (Å²) in [4.78, 5) is 0. The Hall–Kier alpha value is -1.51. The third kappa shape index (κ3) is 1.56. The van der Waals surface area contributed by atoms with E-state index in [0.717, 1.165) is 0 Å². The third-order valence-corrected chi connectivity index (χ3v) is 1.44. The first kappa shape index (κ1) is 8.59. The monoisotopic (exact) mass is 163 g/mol. The maximum absolute atomic E-state index is 9.03. The molecule has 0 radical (unpaired) electrons. The molecule has 0 aliphatic carbocycles. The first-order valence-electron chi connectivity index (χ1n) is 3.24. The summed E-state index contributed by atoms with van der Waals surface area (Å²) < 4.78 is 0. The number of rotatable bonds is 1. The van der Waals surface area contributed by atoms with E-state index < -0.39 is 7.12 Å². The average molecular weight is 163 g/mol. The maximum Gasteiger partial charge on any atom is 0.488 e. The van der Waals surface area contributed by atoms with Gasteiger partial charge < -0.3 is 15.2 Å². The van der Waals surface area contributed by atoms with Crippen LogP contribution in [0.15, 0.2) is 18.2 Å². The molecular formula is C7H6BNO3. The van der Waals surface area contributed by atoms with E-state index in [1.165, 1.54) is 18.2 Å². The van der Waals surface area contributed by atoms with Crippen molar-refractivity contribution in [2.75, 3.05) is 0 Å². The molecule has 0 amide bonds. The Morgan fingerprint density at radius 2 is 2.00 bits per heavy atom. The van der Waals surface area contributed by atoms with Crippen LogP contribution in [0.2, 0.25) is 0 Å². The fraction of sp³-hybridized carbons (Fsp3) is 0. The number of hydrogen-bond acceptors (Lipinski definition) is 4. The Kier molecular flexibility index (Phi) is 2.33. The van der Waals surface area contributed by atoms with Gasteiger partial charge in [-0.05, 0) is 17.6 Å². The summed E-state index contributed by atoms with van der Waals surface area (Å²) in [6, 6.07) is 5.52. The van der Waals surface area contributed by atoms with Crippen LogP contribution >= 0.6 is 0 Å². The van der Waals surface area contributed by atoms with Crippen LogP contribution in [0.1, 0.15) is 5.56 Å². The van der Waals surface area contributed by atoms with Gasteiger partial charge in [0.05, 0.1) is 5.56 Å². The first-order valence-corrected chi connectivity index (χ1v) is 3.24. The van der Waals surface area contributed by atoms with Gasteiger partial charge in [0.1, 0.15) is 11.8 Å². The van der Waals surface area contributed by atoms with Gasteiger partial charge in [-0.2, -0.15) is 5.26 Å². The molecule has 0 bridgehead atoms. The van der Waals surface area contributed by atoms with E-state index in [2.05, 4.69) is 0 Å². The molecule has 4 nitrogen and oxygen atoms in total. The first-order chi connectivity index (χ1) is 5.65. The lowest BCUT2D eigenvalue weighted by molar-refractivity contribution is 0.425. The molecule has 0 unspecified atom stereocenters. The van der Waals surface area contributed by atoms with Gasteiger partial charge in [-0.25, -0.2) is 0 Å². The summed E-state index contributed by atoms with van der Waals surface area (Å²) >= 11 is 0. The number of hydrogen-bond donors (Lipinski definition) is 3. The minimum Gasteiger partial charge on any atom is -0.507 e. The predicted octanol–water partition coefficient (Wildman–Crippen LogP) is -1.06. The molecule has 1 aromatic carbocycles. The van der Waals surface area contributed by atoms with E-state index in [0.29, 0.717) is 0 Å². The van der Waals surface area contributed by atoms with Gasteiger partial charge in [0.2, 0.25) is 0 Å². The Bertz CT molecular complexity index is 332. The third-order valence-electron chi connectivity index (χ3n) is 1.44. The van der Waals surface area contributed by atoms with Crippen molar-refractivity contribution in [3.05, 3.63) is 23.8 Å². The number of aromatic hydroxyl groups is 1. The van der Waals surface area contributed by atoms with Gasteiger partial charge >= 0.3 is 7.12 Å². The van der Waals surface area contributed by atoms with Gasteiger partial charge in [0.25, 0.3) is 0 Å². The van der Waals surface area contributed by atoms with Crippen LogP contribution in [0.3, 0.4) is 0 Å². The van der Waals surface area contributed by atoms with Crippen LogP contribution in [0.25, 0.3) is 0 Å². The normalized spacial score (nSPS) is 9.08. The molecule has 1 aromatic rings. The molecule has 1 rings (SSSR count). The summed E-state index contributed by atoms with van der Waals surface area (Å²) in [7, 11) is -1.61. The molecule has 0 spiro atoms. The second kappa shape index (κ2) is 3.26. The van der Waals surface area contributed by atoms with Crippen LogP contribution in [-0.4, -0.2) is 22.3 Å². The summed E-state index contributed by atoms with van der Waals surface area (Å²) in [5.74, 6) is -0.165. The van der Waals surface area contributed by atoms with Crippen molar-refractivity contribution in [3.8, 4) is 11.8 Å². The minimum absolute atomic E-state index is 0.0283. The molecule has 0 aliphatic rings. The predicted molar refractivity (Wildman–Crippen MR) is 42.6 cm³/mol. The van der Waals surface area contributed by atoms with E-state index in [1.807, 2.05) is 0 Å². The van der Waals surface area contributed by atoms with Crippen LogP contribution < -0.4 is 5.46 Å². The molecule has 0 atom stereocenters. The zero-order chi connectivity index (χ0) is 9.14. The molecule has 0 heterocycles. The number of benzene rings is 1.